The van der Waals surface area contributed by atoms with Gasteiger partial charge in [-0.3, -0.25) is 0 Å². The standard InChI is InChI=1S/C18H24Cl2N2S/c1-2-3-4-5-6-7-16(13-22-11-10-21-14-22)23-15-8-9-17(19)18(20)12-15/h8-12,14,16H,2-7,13H2,1H3. The molecular weight excluding hydrogens is 347 g/mol. The zero-order valence-corrected chi connectivity index (χ0v) is 15.9. The topological polar surface area (TPSA) is 17.8 Å². The van der Waals surface area contributed by atoms with Gasteiger partial charge >= 0.3 is 0 Å². The summed E-state index contributed by atoms with van der Waals surface area (Å²) in [5, 5.41) is 1.76. The maximum Gasteiger partial charge on any atom is 0.0946 e. The van der Waals surface area contributed by atoms with Gasteiger partial charge in [-0.15, -0.1) is 11.8 Å². The molecule has 0 fully saturated rings. The normalized spacial score (nSPS) is 12.5. The van der Waals surface area contributed by atoms with Crippen molar-refractivity contribution in [3.05, 3.63) is 47.0 Å². The highest BCUT2D eigenvalue weighted by Crippen LogP contribution is 2.32. The van der Waals surface area contributed by atoms with Gasteiger partial charge in [0.05, 0.1) is 16.4 Å². The van der Waals surface area contributed by atoms with E-state index < -0.39 is 0 Å². The van der Waals surface area contributed by atoms with Crippen molar-refractivity contribution < 1.29 is 0 Å². The fraction of sp³-hybridized carbons (Fsp3) is 0.500. The second-order valence-electron chi connectivity index (χ2n) is 5.78. The van der Waals surface area contributed by atoms with Crippen LogP contribution in [0.15, 0.2) is 41.8 Å². The maximum absolute atomic E-state index is 6.14. The summed E-state index contributed by atoms with van der Waals surface area (Å²) in [5.74, 6) is 0. The summed E-state index contributed by atoms with van der Waals surface area (Å²) in [6.07, 6.45) is 13.5. The van der Waals surface area contributed by atoms with Gasteiger partial charge in [0.1, 0.15) is 0 Å². The maximum atomic E-state index is 6.14. The highest BCUT2D eigenvalue weighted by atomic mass is 35.5. The number of halogens is 2. The Morgan fingerprint density at radius 1 is 1.13 bits per heavy atom. The molecule has 1 aromatic heterocycles. The number of rotatable bonds is 10. The molecular formula is C18H24Cl2N2S. The van der Waals surface area contributed by atoms with Crippen molar-refractivity contribution in [1.82, 2.24) is 9.55 Å². The summed E-state index contributed by atoms with van der Waals surface area (Å²) >= 11 is 14.0. The van der Waals surface area contributed by atoms with Gasteiger partial charge in [-0.1, -0.05) is 62.2 Å². The average Bonchev–Trinajstić information content (AvgIpc) is 3.03. The van der Waals surface area contributed by atoms with Crippen molar-refractivity contribution in [3.8, 4) is 0 Å². The molecule has 23 heavy (non-hydrogen) atoms. The van der Waals surface area contributed by atoms with Crippen LogP contribution >= 0.6 is 35.0 Å². The van der Waals surface area contributed by atoms with Crippen molar-refractivity contribution in [2.75, 3.05) is 0 Å². The van der Waals surface area contributed by atoms with Crippen molar-refractivity contribution in [3.63, 3.8) is 0 Å². The second-order valence-corrected chi connectivity index (χ2v) is 7.97. The Balaban J connectivity index is 1.93. The molecule has 0 aliphatic carbocycles. The third-order valence-electron chi connectivity index (χ3n) is 3.80. The quantitative estimate of drug-likeness (QED) is 0.341. The highest BCUT2D eigenvalue weighted by molar-refractivity contribution is 8.00. The van der Waals surface area contributed by atoms with E-state index in [0.717, 1.165) is 6.54 Å². The van der Waals surface area contributed by atoms with Crippen LogP contribution in [0.3, 0.4) is 0 Å². The van der Waals surface area contributed by atoms with E-state index in [2.05, 4.69) is 22.5 Å². The number of imidazole rings is 1. The largest absolute Gasteiger partial charge is 0.336 e. The summed E-state index contributed by atoms with van der Waals surface area (Å²) in [6.45, 7) is 3.22. The van der Waals surface area contributed by atoms with Crippen LogP contribution in [0.25, 0.3) is 0 Å². The molecule has 0 saturated heterocycles. The molecule has 0 saturated carbocycles. The molecule has 1 atom stereocenters. The van der Waals surface area contributed by atoms with Crippen molar-refractivity contribution in [1.29, 1.82) is 0 Å². The molecule has 2 rings (SSSR count). The molecule has 0 spiro atoms. The van der Waals surface area contributed by atoms with E-state index in [1.807, 2.05) is 42.6 Å². The minimum atomic E-state index is 0.517. The zero-order chi connectivity index (χ0) is 16.5. The zero-order valence-electron chi connectivity index (χ0n) is 13.5. The van der Waals surface area contributed by atoms with Crippen LogP contribution < -0.4 is 0 Å². The third kappa shape index (κ3) is 6.78. The minimum Gasteiger partial charge on any atom is -0.336 e. The van der Waals surface area contributed by atoms with Crippen molar-refractivity contribution in [2.24, 2.45) is 0 Å². The number of unbranched alkanes of at least 4 members (excludes halogenated alkanes) is 4. The number of aromatic nitrogens is 2. The first-order valence-electron chi connectivity index (χ1n) is 8.26. The van der Waals surface area contributed by atoms with Gasteiger partial charge < -0.3 is 4.57 Å². The van der Waals surface area contributed by atoms with E-state index in [9.17, 15) is 0 Å². The van der Waals surface area contributed by atoms with E-state index in [1.54, 1.807) is 0 Å². The van der Waals surface area contributed by atoms with Crippen LogP contribution in [0.2, 0.25) is 10.0 Å². The molecule has 0 N–H and O–H groups in total. The molecule has 1 aromatic carbocycles. The lowest BCUT2D eigenvalue weighted by Crippen LogP contribution is -2.12. The Morgan fingerprint density at radius 3 is 2.65 bits per heavy atom. The molecule has 126 valence electrons. The summed E-state index contributed by atoms with van der Waals surface area (Å²) < 4.78 is 2.15. The smallest absolute Gasteiger partial charge is 0.0946 e. The number of nitrogens with zero attached hydrogens (tertiary/aromatic N) is 2. The first-order chi connectivity index (χ1) is 11.2. The highest BCUT2D eigenvalue weighted by Gasteiger charge is 2.12. The van der Waals surface area contributed by atoms with Crippen LogP contribution in [-0.4, -0.2) is 14.8 Å². The molecule has 1 unspecified atom stereocenters. The average molecular weight is 371 g/mol. The van der Waals surface area contributed by atoms with Gasteiger partial charge in [-0.2, -0.15) is 0 Å². The van der Waals surface area contributed by atoms with Crippen molar-refractivity contribution in [2.45, 2.75) is 62.1 Å². The van der Waals surface area contributed by atoms with Crippen LogP contribution in [0.4, 0.5) is 0 Å². The molecule has 5 heteroatoms. The Bertz CT molecular complexity index is 572. The summed E-state index contributed by atoms with van der Waals surface area (Å²) in [6, 6.07) is 5.89. The van der Waals surface area contributed by atoms with Crippen LogP contribution in [0.5, 0.6) is 0 Å². The van der Waals surface area contributed by atoms with E-state index in [1.165, 1.54) is 43.4 Å². The molecule has 0 aliphatic rings. The van der Waals surface area contributed by atoms with Crippen LogP contribution in [-0.2, 0) is 6.54 Å². The number of hydrogen-bond acceptors (Lipinski definition) is 2. The fourth-order valence-corrected chi connectivity index (χ4v) is 4.15. The van der Waals surface area contributed by atoms with Gasteiger partial charge in [0, 0.05) is 29.1 Å². The van der Waals surface area contributed by atoms with E-state index in [0.29, 0.717) is 15.3 Å². The van der Waals surface area contributed by atoms with Crippen LogP contribution in [0, 0.1) is 0 Å². The third-order valence-corrected chi connectivity index (χ3v) is 5.78. The Hall–Kier alpha value is -0.640. The monoisotopic (exact) mass is 370 g/mol. The lowest BCUT2D eigenvalue weighted by atomic mass is 10.1. The lowest BCUT2D eigenvalue weighted by Gasteiger charge is -2.17. The molecule has 0 aliphatic heterocycles. The Kier molecular flexibility index (Phi) is 8.35. The van der Waals surface area contributed by atoms with Gasteiger partial charge in [0.25, 0.3) is 0 Å². The number of thioether (sulfide) groups is 1. The van der Waals surface area contributed by atoms with E-state index in [-0.39, 0.29) is 0 Å². The summed E-state index contributed by atoms with van der Waals surface area (Å²) in [7, 11) is 0. The number of hydrogen-bond donors (Lipinski definition) is 0. The summed E-state index contributed by atoms with van der Waals surface area (Å²) in [4.78, 5) is 5.32. The van der Waals surface area contributed by atoms with E-state index >= 15 is 0 Å². The SMILES string of the molecule is CCCCCCCC(Cn1ccnc1)Sc1ccc(Cl)c(Cl)c1. The molecule has 0 amide bonds. The molecule has 1 heterocycles. The van der Waals surface area contributed by atoms with Gasteiger partial charge in [-0.25, -0.2) is 4.98 Å². The minimum absolute atomic E-state index is 0.517. The Morgan fingerprint density at radius 2 is 1.96 bits per heavy atom. The molecule has 2 nitrogen and oxygen atoms in total. The molecule has 0 radical (unpaired) electrons. The van der Waals surface area contributed by atoms with Gasteiger partial charge in [-0.05, 0) is 24.6 Å². The first-order valence-corrected chi connectivity index (χ1v) is 9.90. The van der Waals surface area contributed by atoms with Crippen LogP contribution in [0.1, 0.15) is 45.4 Å². The molecule has 0 bridgehead atoms. The van der Waals surface area contributed by atoms with E-state index in [4.69, 9.17) is 23.2 Å². The molecule has 2 aromatic rings. The van der Waals surface area contributed by atoms with Gasteiger partial charge in [0.15, 0.2) is 0 Å². The van der Waals surface area contributed by atoms with Crippen molar-refractivity contribution >= 4 is 35.0 Å². The number of benzene rings is 1. The predicted octanol–water partition coefficient (Wildman–Crippen LogP) is 6.71. The second kappa shape index (κ2) is 10.3. The summed E-state index contributed by atoms with van der Waals surface area (Å²) in [5.41, 5.74) is 0. The first kappa shape index (κ1) is 18.7. The van der Waals surface area contributed by atoms with Gasteiger partial charge in [0.2, 0.25) is 0 Å². The lowest BCUT2D eigenvalue weighted by molar-refractivity contribution is 0.560. The fourth-order valence-electron chi connectivity index (χ4n) is 2.54. The predicted molar refractivity (Wildman–Crippen MR) is 102 cm³/mol. The Labute approximate surface area is 153 Å².